The third-order valence-corrected chi connectivity index (χ3v) is 5.47. The minimum atomic E-state index is -0.0608. The first-order valence-electron chi connectivity index (χ1n) is 9.15. The van der Waals surface area contributed by atoms with Crippen LogP contribution in [0.25, 0.3) is 17.2 Å². The second-order valence-electron chi connectivity index (χ2n) is 6.69. The predicted molar refractivity (Wildman–Crippen MR) is 115 cm³/mol. The molecule has 140 valence electrons. The molecule has 0 amide bonds. The maximum absolute atomic E-state index is 12.7. The second kappa shape index (κ2) is 7.64. The van der Waals surface area contributed by atoms with Crippen LogP contribution in [0.4, 0.5) is 0 Å². The van der Waals surface area contributed by atoms with Gasteiger partial charge in [0.2, 0.25) is 0 Å². The average molecular weight is 435 g/mol. The zero-order valence-corrected chi connectivity index (χ0v) is 17.0. The fourth-order valence-electron chi connectivity index (χ4n) is 3.50. The van der Waals surface area contributed by atoms with E-state index in [1.165, 1.54) is 16.7 Å². The van der Waals surface area contributed by atoms with Crippen molar-refractivity contribution >= 4 is 27.8 Å². The fourth-order valence-corrected chi connectivity index (χ4v) is 3.96. The minimum Gasteiger partial charge on any atom is -0.503 e. The van der Waals surface area contributed by atoms with Crippen molar-refractivity contribution in [3.05, 3.63) is 87.4 Å². The zero-order chi connectivity index (χ0) is 19.7. The van der Waals surface area contributed by atoms with Crippen molar-refractivity contribution in [2.24, 2.45) is 0 Å². The van der Waals surface area contributed by atoms with E-state index in [2.05, 4.69) is 28.1 Å². The summed E-state index contributed by atoms with van der Waals surface area (Å²) in [5, 5.41) is 10.0. The number of ketones is 1. The first-order chi connectivity index (χ1) is 13.6. The molecule has 0 aromatic heterocycles. The van der Waals surface area contributed by atoms with Crippen molar-refractivity contribution in [3.63, 3.8) is 0 Å². The van der Waals surface area contributed by atoms with Gasteiger partial charge in [-0.3, -0.25) is 4.79 Å². The number of ether oxygens (including phenoxy) is 1. The van der Waals surface area contributed by atoms with Crippen molar-refractivity contribution in [2.75, 3.05) is 6.61 Å². The minimum absolute atomic E-state index is 0.0580. The Labute approximate surface area is 172 Å². The van der Waals surface area contributed by atoms with Gasteiger partial charge < -0.3 is 9.84 Å². The third-order valence-electron chi connectivity index (χ3n) is 4.86. The SMILES string of the molecule is CCOc1cc(C=CC(=O)c2ccc3c(c2)-c2ccccc2C3)cc(Br)c1O. The van der Waals surface area contributed by atoms with E-state index in [1.807, 2.05) is 37.3 Å². The van der Waals surface area contributed by atoms with E-state index in [0.717, 1.165) is 17.5 Å². The van der Waals surface area contributed by atoms with Gasteiger partial charge in [0.15, 0.2) is 17.3 Å². The number of carbonyl (C=O) groups is 1. The topological polar surface area (TPSA) is 46.5 Å². The highest BCUT2D eigenvalue weighted by Gasteiger charge is 2.19. The van der Waals surface area contributed by atoms with Gasteiger partial charge in [0.25, 0.3) is 0 Å². The van der Waals surface area contributed by atoms with Gasteiger partial charge >= 0.3 is 0 Å². The number of carbonyl (C=O) groups excluding carboxylic acids is 1. The molecule has 0 fully saturated rings. The van der Waals surface area contributed by atoms with Crippen LogP contribution in [0, 0.1) is 0 Å². The lowest BCUT2D eigenvalue weighted by molar-refractivity contribution is 0.104. The second-order valence-corrected chi connectivity index (χ2v) is 7.54. The normalized spacial score (nSPS) is 12.1. The lowest BCUT2D eigenvalue weighted by Crippen LogP contribution is -1.96. The summed E-state index contributed by atoms with van der Waals surface area (Å²) in [5.74, 6) is 0.384. The van der Waals surface area contributed by atoms with Gasteiger partial charge in [-0.2, -0.15) is 0 Å². The van der Waals surface area contributed by atoms with Crippen LogP contribution >= 0.6 is 15.9 Å². The lowest BCUT2D eigenvalue weighted by Gasteiger charge is -2.08. The van der Waals surface area contributed by atoms with Crippen molar-refractivity contribution in [1.82, 2.24) is 0 Å². The van der Waals surface area contributed by atoms with Gasteiger partial charge in [-0.05, 0) is 81.4 Å². The molecule has 3 aromatic carbocycles. The third kappa shape index (κ3) is 3.48. The monoisotopic (exact) mass is 434 g/mol. The van der Waals surface area contributed by atoms with E-state index in [4.69, 9.17) is 4.74 Å². The van der Waals surface area contributed by atoms with Gasteiger partial charge in [-0.15, -0.1) is 0 Å². The molecule has 28 heavy (non-hydrogen) atoms. The predicted octanol–water partition coefficient (Wildman–Crippen LogP) is 6.02. The molecule has 0 saturated carbocycles. The van der Waals surface area contributed by atoms with E-state index in [1.54, 1.807) is 24.3 Å². The first kappa shape index (κ1) is 18.5. The number of hydrogen-bond acceptors (Lipinski definition) is 3. The molecule has 4 rings (SSSR count). The van der Waals surface area contributed by atoms with Crippen molar-refractivity contribution in [2.45, 2.75) is 13.3 Å². The maximum Gasteiger partial charge on any atom is 0.185 e. The molecule has 1 aliphatic rings. The van der Waals surface area contributed by atoms with E-state index in [9.17, 15) is 9.90 Å². The Kier molecular flexibility index (Phi) is 5.05. The molecule has 0 radical (unpaired) electrons. The summed E-state index contributed by atoms with van der Waals surface area (Å²) in [6.45, 7) is 2.30. The summed E-state index contributed by atoms with van der Waals surface area (Å²) in [5.41, 5.74) is 6.34. The highest BCUT2D eigenvalue weighted by atomic mass is 79.9. The molecule has 3 aromatic rings. The molecule has 0 aliphatic heterocycles. The van der Waals surface area contributed by atoms with E-state index < -0.39 is 0 Å². The number of phenolic OH excluding ortho intramolecular Hbond substituents is 1. The molecule has 1 aliphatic carbocycles. The van der Waals surface area contributed by atoms with Crippen LogP contribution in [0.15, 0.2) is 65.1 Å². The van der Waals surface area contributed by atoms with Crippen LogP contribution < -0.4 is 4.74 Å². The van der Waals surface area contributed by atoms with Crippen molar-refractivity contribution in [1.29, 1.82) is 0 Å². The highest BCUT2D eigenvalue weighted by molar-refractivity contribution is 9.10. The summed E-state index contributed by atoms with van der Waals surface area (Å²) < 4.78 is 5.96. The van der Waals surface area contributed by atoms with Crippen molar-refractivity contribution < 1.29 is 14.6 Å². The molecule has 0 saturated heterocycles. The Morgan fingerprint density at radius 1 is 1.11 bits per heavy atom. The number of fused-ring (bicyclic) bond motifs is 3. The zero-order valence-electron chi connectivity index (χ0n) is 15.4. The first-order valence-corrected chi connectivity index (χ1v) is 9.95. The largest absolute Gasteiger partial charge is 0.503 e. The van der Waals surface area contributed by atoms with Gasteiger partial charge in [-0.1, -0.05) is 42.5 Å². The molecule has 0 bridgehead atoms. The Balaban J connectivity index is 1.60. The quantitative estimate of drug-likeness (QED) is 0.308. The van der Waals surface area contributed by atoms with Gasteiger partial charge in [0, 0.05) is 5.56 Å². The lowest BCUT2D eigenvalue weighted by atomic mass is 10.0. The Hall–Kier alpha value is -2.85. The number of halogens is 1. The number of rotatable bonds is 5. The Morgan fingerprint density at radius 2 is 1.89 bits per heavy atom. The van der Waals surface area contributed by atoms with E-state index in [0.29, 0.717) is 22.4 Å². The number of aromatic hydroxyl groups is 1. The molecule has 0 heterocycles. The maximum atomic E-state index is 12.7. The molecule has 0 atom stereocenters. The molecular formula is C24H19BrO3. The molecule has 1 N–H and O–H groups in total. The van der Waals surface area contributed by atoms with Crippen LogP contribution in [0.3, 0.4) is 0 Å². The summed E-state index contributed by atoms with van der Waals surface area (Å²) >= 11 is 3.32. The van der Waals surface area contributed by atoms with Crippen LogP contribution in [0.2, 0.25) is 0 Å². The molecule has 4 heteroatoms. The van der Waals surface area contributed by atoms with E-state index >= 15 is 0 Å². The summed E-state index contributed by atoms with van der Waals surface area (Å²) in [7, 11) is 0. The average Bonchev–Trinajstić information content (AvgIpc) is 3.07. The summed E-state index contributed by atoms with van der Waals surface area (Å²) in [4.78, 5) is 12.7. The van der Waals surface area contributed by atoms with E-state index in [-0.39, 0.29) is 11.5 Å². The van der Waals surface area contributed by atoms with Crippen LogP contribution in [0.5, 0.6) is 11.5 Å². The standard InChI is InChI=1S/C24H19BrO3/c1-2-28-23-12-15(11-21(25)24(23)27)7-10-22(26)18-9-8-17-13-16-5-3-4-6-19(16)20(17)14-18/h3-12,14,27H,2,13H2,1H3. The van der Waals surface area contributed by atoms with Gasteiger partial charge in [0.1, 0.15) is 0 Å². The van der Waals surface area contributed by atoms with Crippen LogP contribution in [-0.4, -0.2) is 17.5 Å². The fraction of sp³-hybridized carbons (Fsp3) is 0.125. The van der Waals surface area contributed by atoms with Crippen molar-refractivity contribution in [3.8, 4) is 22.6 Å². The Morgan fingerprint density at radius 3 is 2.71 bits per heavy atom. The number of allylic oxidation sites excluding steroid dienone is 1. The van der Waals surface area contributed by atoms with Gasteiger partial charge in [0.05, 0.1) is 11.1 Å². The smallest absolute Gasteiger partial charge is 0.185 e. The summed E-state index contributed by atoms with van der Waals surface area (Å²) in [6, 6.07) is 17.7. The number of hydrogen-bond donors (Lipinski definition) is 1. The van der Waals surface area contributed by atoms with Gasteiger partial charge in [-0.25, -0.2) is 0 Å². The molecule has 3 nitrogen and oxygen atoms in total. The number of benzene rings is 3. The molecular weight excluding hydrogens is 416 g/mol. The van der Waals surface area contributed by atoms with Crippen LogP contribution in [0.1, 0.15) is 34.0 Å². The van der Waals surface area contributed by atoms with Crippen LogP contribution in [-0.2, 0) is 6.42 Å². The highest BCUT2D eigenvalue weighted by Crippen LogP contribution is 2.37. The molecule has 0 spiro atoms. The number of phenols is 1. The summed E-state index contributed by atoms with van der Waals surface area (Å²) in [6.07, 6.45) is 4.20. The molecule has 0 unspecified atom stereocenters. The Bertz CT molecular complexity index is 1100.